The standard InChI is InChI=1S/C14H14FN3O/c15-11-2-1-6-17-14(11)13(18-16)10-3-4-12-9(8-10)5-7-19-12/h1-4,6,8,13,18H,5,7,16H2. The number of halogens is 1. The predicted octanol–water partition coefficient (Wildman–Crippen LogP) is 1.71. The third-order valence-corrected chi connectivity index (χ3v) is 3.27. The Balaban J connectivity index is 2.01. The van der Waals surface area contributed by atoms with Crippen molar-refractivity contribution in [2.45, 2.75) is 12.5 Å². The SMILES string of the molecule is NNC(c1ccc2c(c1)CCO2)c1ncccc1F. The maximum Gasteiger partial charge on any atom is 0.146 e. The van der Waals surface area contributed by atoms with Gasteiger partial charge in [-0.2, -0.15) is 0 Å². The highest BCUT2D eigenvalue weighted by molar-refractivity contribution is 5.42. The first kappa shape index (κ1) is 12.1. The van der Waals surface area contributed by atoms with Crippen LogP contribution >= 0.6 is 0 Å². The molecule has 1 atom stereocenters. The van der Waals surface area contributed by atoms with Crippen LogP contribution < -0.4 is 16.0 Å². The lowest BCUT2D eigenvalue weighted by atomic mass is 10.00. The van der Waals surface area contributed by atoms with E-state index in [-0.39, 0.29) is 5.82 Å². The lowest BCUT2D eigenvalue weighted by molar-refractivity contribution is 0.356. The highest BCUT2D eigenvalue weighted by Crippen LogP contribution is 2.30. The summed E-state index contributed by atoms with van der Waals surface area (Å²) in [5.41, 5.74) is 4.92. The van der Waals surface area contributed by atoms with Crippen molar-refractivity contribution in [2.75, 3.05) is 6.61 Å². The summed E-state index contributed by atoms with van der Waals surface area (Å²) in [6.45, 7) is 0.692. The van der Waals surface area contributed by atoms with Gasteiger partial charge in [0.05, 0.1) is 18.3 Å². The zero-order valence-corrected chi connectivity index (χ0v) is 10.3. The zero-order valence-electron chi connectivity index (χ0n) is 10.3. The van der Waals surface area contributed by atoms with Crippen molar-refractivity contribution in [2.24, 2.45) is 5.84 Å². The van der Waals surface area contributed by atoms with E-state index in [4.69, 9.17) is 10.6 Å². The molecule has 2 heterocycles. The number of benzene rings is 1. The molecule has 3 N–H and O–H groups in total. The van der Waals surface area contributed by atoms with Crippen LogP contribution in [0.1, 0.15) is 22.9 Å². The molecule has 1 aromatic carbocycles. The summed E-state index contributed by atoms with van der Waals surface area (Å²) in [6.07, 6.45) is 2.42. The number of nitrogens with zero attached hydrogens (tertiary/aromatic N) is 1. The van der Waals surface area contributed by atoms with E-state index in [0.29, 0.717) is 12.3 Å². The predicted molar refractivity (Wildman–Crippen MR) is 69.0 cm³/mol. The Morgan fingerprint density at radius 2 is 2.26 bits per heavy atom. The van der Waals surface area contributed by atoms with Crippen LogP contribution in [0.4, 0.5) is 4.39 Å². The number of nitrogens with one attached hydrogen (secondary N) is 1. The van der Waals surface area contributed by atoms with Gasteiger partial charge in [-0.05, 0) is 35.4 Å². The van der Waals surface area contributed by atoms with Crippen molar-refractivity contribution >= 4 is 0 Å². The van der Waals surface area contributed by atoms with Gasteiger partial charge in [0, 0.05) is 12.6 Å². The molecule has 2 aromatic rings. The number of ether oxygens (including phenoxy) is 1. The normalized spacial score (nSPS) is 14.8. The van der Waals surface area contributed by atoms with E-state index in [0.717, 1.165) is 23.3 Å². The number of rotatable bonds is 3. The minimum Gasteiger partial charge on any atom is -0.493 e. The van der Waals surface area contributed by atoms with Crippen LogP contribution in [0.3, 0.4) is 0 Å². The van der Waals surface area contributed by atoms with Gasteiger partial charge >= 0.3 is 0 Å². The maximum absolute atomic E-state index is 13.8. The van der Waals surface area contributed by atoms with E-state index < -0.39 is 6.04 Å². The number of nitrogens with two attached hydrogens (primary N) is 1. The summed E-state index contributed by atoms with van der Waals surface area (Å²) < 4.78 is 19.3. The van der Waals surface area contributed by atoms with Gasteiger partial charge in [-0.3, -0.25) is 10.8 Å². The summed E-state index contributed by atoms with van der Waals surface area (Å²) >= 11 is 0. The average Bonchev–Trinajstić information content (AvgIpc) is 2.89. The Hall–Kier alpha value is -1.98. The minimum absolute atomic E-state index is 0.295. The fourth-order valence-corrected chi connectivity index (χ4v) is 2.33. The lowest BCUT2D eigenvalue weighted by Crippen LogP contribution is -2.30. The maximum atomic E-state index is 13.8. The van der Waals surface area contributed by atoms with Crippen LogP contribution in [0.25, 0.3) is 0 Å². The molecule has 19 heavy (non-hydrogen) atoms. The molecular weight excluding hydrogens is 245 g/mol. The average molecular weight is 259 g/mol. The molecule has 98 valence electrons. The van der Waals surface area contributed by atoms with Crippen molar-refractivity contribution < 1.29 is 9.13 Å². The second-order valence-electron chi connectivity index (χ2n) is 4.44. The molecule has 0 saturated carbocycles. The summed E-state index contributed by atoms with van der Waals surface area (Å²) in [5.74, 6) is 6.08. The first-order chi connectivity index (χ1) is 9.29. The lowest BCUT2D eigenvalue weighted by Gasteiger charge is -2.17. The van der Waals surface area contributed by atoms with Crippen molar-refractivity contribution in [1.29, 1.82) is 0 Å². The molecule has 1 unspecified atom stereocenters. The molecule has 0 spiro atoms. The highest BCUT2D eigenvalue weighted by Gasteiger charge is 2.20. The van der Waals surface area contributed by atoms with Gasteiger partial charge in [-0.25, -0.2) is 9.82 Å². The number of pyridine rings is 1. The summed E-state index contributed by atoms with van der Waals surface area (Å²) in [4.78, 5) is 4.07. The van der Waals surface area contributed by atoms with Gasteiger partial charge in [0.25, 0.3) is 0 Å². The van der Waals surface area contributed by atoms with E-state index >= 15 is 0 Å². The van der Waals surface area contributed by atoms with Crippen molar-refractivity contribution in [3.63, 3.8) is 0 Å². The molecule has 0 fully saturated rings. The molecule has 0 radical (unpaired) electrons. The molecule has 1 aromatic heterocycles. The van der Waals surface area contributed by atoms with Crippen LogP contribution in [0, 0.1) is 5.82 Å². The summed E-state index contributed by atoms with van der Waals surface area (Å²) in [5, 5.41) is 0. The second-order valence-corrected chi connectivity index (χ2v) is 4.44. The monoisotopic (exact) mass is 259 g/mol. The van der Waals surface area contributed by atoms with Gasteiger partial charge in [-0.15, -0.1) is 0 Å². The molecule has 0 aliphatic carbocycles. The van der Waals surface area contributed by atoms with Crippen molar-refractivity contribution in [3.8, 4) is 5.75 Å². The smallest absolute Gasteiger partial charge is 0.146 e. The van der Waals surface area contributed by atoms with Crippen LogP contribution in [-0.4, -0.2) is 11.6 Å². The van der Waals surface area contributed by atoms with E-state index in [2.05, 4.69) is 10.4 Å². The number of hydrazine groups is 1. The molecule has 0 bridgehead atoms. The fraction of sp³-hybridized carbons (Fsp3) is 0.214. The third kappa shape index (κ3) is 2.18. The van der Waals surface area contributed by atoms with Gasteiger partial charge in [0.2, 0.25) is 0 Å². The van der Waals surface area contributed by atoms with Crippen molar-refractivity contribution in [1.82, 2.24) is 10.4 Å². The molecule has 1 aliphatic rings. The fourth-order valence-electron chi connectivity index (χ4n) is 2.33. The van der Waals surface area contributed by atoms with E-state index in [9.17, 15) is 4.39 Å². The van der Waals surface area contributed by atoms with Gasteiger partial charge in [0.15, 0.2) is 0 Å². The minimum atomic E-state index is -0.466. The molecule has 4 nitrogen and oxygen atoms in total. The Labute approximate surface area is 110 Å². The number of aromatic nitrogens is 1. The third-order valence-electron chi connectivity index (χ3n) is 3.27. The largest absolute Gasteiger partial charge is 0.493 e. The number of hydrogen-bond donors (Lipinski definition) is 2. The summed E-state index contributed by atoms with van der Waals surface area (Å²) in [7, 11) is 0. The van der Waals surface area contributed by atoms with Crippen LogP contribution in [0.5, 0.6) is 5.75 Å². The number of fused-ring (bicyclic) bond motifs is 1. The van der Waals surface area contributed by atoms with Crippen LogP contribution in [0.15, 0.2) is 36.5 Å². The molecule has 0 amide bonds. The Morgan fingerprint density at radius 1 is 1.37 bits per heavy atom. The first-order valence-corrected chi connectivity index (χ1v) is 6.12. The zero-order chi connectivity index (χ0) is 13.2. The molecule has 5 heteroatoms. The van der Waals surface area contributed by atoms with Gasteiger partial charge in [0.1, 0.15) is 11.6 Å². The van der Waals surface area contributed by atoms with Crippen LogP contribution in [0.2, 0.25) is 0 Å². The van der Waals surface area contributed by atoms with Gasteiger partial charge < -0.3 is 4.74 Å². The van der Waals surface area contributed by atoms with Gasteiger partial charge in [-0.1, -0.05) is 6.07 Å². The molecule has 3 rings (SSSR count). The molecular formula is C14H14FN3O. The molecule has 0 saturated heterocycles. The number of hydrogen-bond acceptors (Lipinski definition) is 4. The second kappa shape index (κ2) is 4.95. The quantitative estimate of drug-likeness (QED) is 0.650. The summed E-state index contributed by atoms with van der Waals surface area (Å²) in [6, 6.07) is 8.23. The van der Waals surface area contributed by atoms with Crippen LogP contribution in [-0.2, 0) is 6.42 Å². The topological polar surface area (TPSA) is 60.2 Å². The Bertz CT molecular complexity index is 603. The van der Waals surface area contributed by atoms with Crippen molar-refractivity contribution in [3.05, 3.63) is 59.2 Å². The van der Waals surface area contributed by atoms with E-state index in [1.54, 1.807) is 12.3 Å². The first-order valence-electron chi connectivity index (χ1n) is 6.12. The highest BCUT2D eigenvalue weighted by atomic mass is 19.1. The Morgan fingerprint density at radius 3 is 3.05 bits per heavy atom. The Kier molecular flexibility index (Phi) is 3.15. The molecule has 1 aliphatic heterocycles. The van der Waals surface area contributed by atoms with E-state index in [1.807, 2.05) is 18.2 Å². The van der Waals surface area contributed by atoms with E-state index in [1.165, 1.54) is 6.07 Å².